The molecule has 0 aliphatic rings. The summed E-state index contributed by atoms with van der Waals surface area (Å²) in [5.41, 5.74) is 0. The van der Waals surface area contributed by atoms with Crippen molar-refractivity contribution in [2.45, 2.75) is 31.9 Å². The minimum Gasteiger partial charge on any atom is -0.386 e. The summed E-state index contributed by atoms with van der Waals surface area (Å²) in [5.74, 6) is 0.270. The molecule has 1 N–H and O–H groups in total. The Hall–Kier alpha value is 0.310. The van der Waals surface area contributed by atoms with Crippen LogP contribution in [0.4, 0.5) is 0 Å². The van der Waals surface area contributed by atoms with Crippen LogP contribution in [-0.4, -0.2) is 16.3 Å². The molecule has 0 heterocycles. The Bertz CT molecular complexity index is 43.8. The molecule has 8 heavy (non-hydrogen) atoms. The fraction of sp³-hybridized carbons (Fsp3) is 1.00. The van der Waals surface area contributed by atoms with Gasteiger partial charge in [0.05, 0.1) is 5.94 Å². The lowest BCUT2D eigenvalue weighted by Crippen LogP contribution is -1.98. The fourth-order valence-corrected chi connectivity index (χ4v) is 1.31. The highest BCUT2D eigenvalue weighted by molar-refractivity contribution is 7.99. The second-order valence-electron chi connectivity index (χ2n) is 1.73. The van der Waals surface area contributed by atoms with Gasteiger partial charge in [0.2, 0.25) is 0 Å². The van der Waals surface area contributed by atoms with Gasteiger partial charge in [-0.1, -0.05) is 13.8 Å². The molecule has 0 fully saturated rings. The zero-order valence-corrected chi connectivity index (χ0v) is 6.37. The van der Waals surface area contributed by atoms with E-state index in [1.54, 1.807) is 11.8 Å². The number of aliphatic hydroxyl groups excluding tert-OH is 1. The van der Waals surface area contributed by atoms with E-state index in [1.165, 1.54) is 12.8 Å². The van der Waals surface area contributed by atoms with E-state index in [0.29, 0.717) is 5.25 Å². The first-order valence-electron chi connectivity index (χ1n) is 3.07. The highest BCUT2D eigenvalue weighted by Crippen LogP contribution is 2.15. The quantitative estimate of drug-likeness (QED) is 0.592. The molecule has 0 aliphatic carbocycles. The van der Waals surface area contributed by atoms with E-state index in [4.69, 9.17) is 5.11 Å². The van der Waals surface area contributed by atoms with Crippen molar-refractivity contribution in [2.75, 3.05) is 5.94 Å². The van der Waals surface area contributed by atoms with Crippen LogP contribution in [0.2, 0.25) is 0 Å². The summed E-state index contributed by atoms with van der Waals surface area (Å²) in [7, 11) is 0. The molecule has 0 radical (unpaired) electrons. The largest absolute Gasteiger partial charge is 0.386 e. The average molecular weight is 134 g/mol. The Morgan fingerprint density at radius 1 is 1.38 bits per heavy atom. The highest BCUT2D eigenvalue weighted by Gasteiger charge is 1.99. The summed E-state index contributed by atoms with van der Waals surface area (Å²) in [4.78, 5) is 0. The van der Waals surface area contributed by atoms with Crippen LogP contribution < -0.4 is 0 Å². The van der Waals surface area contributed by atoms with Gasteiger partial charge in [0.1, 0.15) is 0 Å². The molecule has 0 bridgehead atoms. The summed E-state index contributed by atoms with van der Waals surface area (Å²) in [6, 6.07) is 0. The molecule has 50 valence electrons. The van der Waals surface area contributed by atoms with Crippen molar-refractivity contribution in [1.82, 2.24) is 0 Å². The Morgan fingerprint density at radius 2 is 1.88 bits per heavy atom. The van der Waals surface area contributed by atoms with Crippen LogP contribution in [0.3, 0.4) is 0 Å². The van der Waals surface area contributed by atoms with Gasteiger partial charge >= 0.3 is 0 Å². The monoisotopic (exact) mass is 134 g/mol. The number of rotatable bonds is 4. The Morgan fingerprint density at radius 3 is 2.00 bits per heavy atom. The number of thioether (sulfide) groups is 1. The second kappa shape index (κ2) is 5.45. The summed E-state index contributed by atoms with van der Waals surface area (Å²) in [5, 5.41) is 9.13. The third-order valence-electron chi connectivity index (χ3n) is 1.22. The van der Waals surface area contributed by atoms with Gasteiger partial charge in [0.15, 0.2) is 0 Å². The second-order valence-corrected chi connectivity index (χ2v) is 2.99. The van der Waals surface area contributed by atoms with Crippen molar-refractivity contribution in [2.24, 2.45) is 0 Å². The smallest absolute Gasteiger partial charge is 0.0888 e. The molecule has 2 heteroatoms. The minimum atomic E-state index is 0.270. The Labute approximate surface area is 55.5 Å². The van der Waals surface area contributed by atoms with Crippen LogP contribution in [0.15, 0.2) is 0 Å². The van der Waals surface area contributed by atoms with Crippen molar-refractivity contribution >= 4 is 11.8 Å². The van der Waals surface area contributed by atoms with Crippen molar-refractivity contribution in [3.05, 3.63) is 0 Å². The molecule has 0 amide bonds. The summed E-state index contributed by atoms with van der Waals surface area (Å²) < 4.78 is 0. The van der Waals surface area contributed by atoms with Gasteiger partial charge in [0, 0.05) is 5.25 Å². The standard InChI is InChI=1S/C6H14OS/c1-3-6(4-2)8-5-7/h6-7H,3-5H2,1-2H3. The van der Waals surface area contributed by atoms with Crippen molar-refractivity contribution < 1.29 is 5.11 Å². The van der Waals surface area contributed by atoms with Gasteiger partial charge in [-0.25, -0.2) is 0 Å². The lowest BCUT2D eigenvalue weighted by atomic mass is 10.3. The van der Waals surface area contributed by atoms with Gasteiger partial charge < -0.3 is 5.11 Å². The number of aliphatic hydroxyl groups is 1. The van der Waals surface area contributed by atoms with E-state index >= 15 is 0 Å². The molecule has 0 spiro atoms. The summed E-state index contributed by atoms with van der Waals surface area (Å²) in [6.45, 7) is 4.30. The molecule has 0 aliphatic heterocycles. The first kappa shape index (κ1) is 8.31. The zero-order chi connectivity index (χ0) is 6.41. The molecule has 0 atom stereocenters. The minimum absolute atomic E-state index is 0.270. The average Bonchev–Trinajstić information content (AvgIpc) is 1.83. The fourth-order valence-electron chi connectivity index (χ4n) is 0.630. The highest BCUT2D eigenvalue weighted by atomic mass is 32.2. The van der Waals surface area contributed by atoms with Crippen LogP contribution in [0.1, 0.15) is 26.7 Å². The van der Waals surface area contributed by atoms with E-state index in [0.717, 1.165) is 0 Å². The molecule has 0 aromatic carbocycles. The lowest BCUT2D eigenvalue weighted by Gasteiger charge is -2.07. The maximum absolute atomic E-state index is 8.46. The van der Waals surface area contributed by atoms with Gasteiger partial charge in [0.25, 0.3) is 0 Å². The van der Waals surface area contributed by atoms with Crippen LogP contribution in [0, 0.1) is 0 Å². The van der Waals surface area contributed by atoms with Crippen molar-refractivity contribution in [3.8, 4) is 0 Å². The number of hydrogen-bond donors (Lipinski definition) is 1. The molecule has 1 nitrogen and oxygen atoms in total. The zero-order valence-electron chi connectivity index (χ0n) is 5.55. The molecular weight excluding hydrogens is 120 g/mol. The Balaban J connectivity index is 3.07. The van der Waals surface area contributed by atoms with Gasteiger partial charge in [-0.15, -0.1) is 11.8 Å². The molecule has 0 unspecified atom stereocenters. The third-order valence-corrected chi connectivity index (χ3v) is 2.51. The first-order chi connectivity index (χ1) is 3.85. The van der Waals surface area contributed by atoms with Gasteiger partial charge in [-0.05, 0) is 12.8 Å². The van der Waals surface area contributed by atoms with Crippen molar-refractivity contribution in [3.63, 3.8) is 0 Å². The summed E-state index contributed by atoms with van der Waals surface area (Å²) in [6.07, 6.45) is 2.34. The molecular formula is C6H14OS. The van der Waals surface area contributed by atoms with Crippen LogP contribution >= 0.6 is 11.8 Å². The van der Waals surface area contributed by atoms with Gasteiger partial charge in [-0.3, -0.25) is 0 Å². The van der Waals surface area contributed by atoms with Crippen LogP contribution in [0.25, 0.3) is 0 Å². The van der Waals surface area contributed by atoms with Crippen LogP contribution in [0.5, 0.6) is 0 Å². The third kappa shape index (κ3) is 3.33. The normalized spacial score (nSPS) is 10.5. The predicted octanol–water partition coefficient (Wildman–Crippen LogP) is 1.86. The van der Waals surface area contributed by atoms with Gasteiger partial charge in [-0.2, -0.15) is 0 Å². The number of hydrogen-bond acceptors (Lipinski definition) is 2. The van der Waals surface area contributed by atoms with E-state index < -0.39 is 0 Å². The molecule has 0 saturated carbocycles. The topological polar surface area (TPSA) is 20.2 Å². The SMILES string of the molecule is CCC(CC)SCO. The molecule has 0 saturated heterocycles. The van der Waals surface area contributed by atoms with E-state index in [2.05, 4.69) is 13.8 Å². The predicted molar refractivity (Wildman–Crippen MR) is 39.0 cm³/mol. The van der Waals surface area contributed by atoms with Crippen molar-refractivity contribution in [1.29, 1.82) is 0 Å². The first-order valence-corrected chi connectivity index (χ1v) is 4.12. The molecule has 0 aromatic heterocycles. The maximum atomic E-state index is 8.46. The Kier molecular flexibility index (Phi) is 5.66. The maximum Gasteiger partial charge on any atom is 0.0888 e. The van der Waals surface area contributed by atoms with Crippen LogP contribution in [-0.2, 0) is 0 Å². The summed E-state index contributed by atoms with van der Waals surface area (Å²) >= 11 is 1.63. The van der Waals surface area contributed by atoms with E-state index in [9.17, 15) is 0 Å². The molecule has 0 rings (SSSR count). The lowest BCUT2D eigenvalue weighted by molar-refractivity contribution is 0.374. The molecule has 0 aromatic rings. The van der Waals surface area contributed by atoms with E-state index in [1.807, 2.05) is 0 Å². The van der Waals surface area contributed by atoms with E-state index in [-0.39, 0.29) is 5.94 Å².